The number of nitrogens with zero attached hydrogens (tertiary/aromatic N) is 3. The van der Waals surface area contributed by atoms with Crippen molar-refractivity contribution in [3.63, 3.8) is 0 Å². The van der Waals surface area contributed by atoms with Crippen molar-refractivity contribution >= 4 is 33.9 Å². The quantitative estimate of drug-likeness (QED) is 0.943. The van der Waals surface area contributed by atoms with Crippen LogP contribution in [-0.2, 0) is 6.42 Å². The van der Waals surface area contributed by atoms with Crippen LogP contribution in [0.25, 0.3) is 4.96 Å². The van der Waals surface area contributed by atoms with Crippen LogP contribution >= 0.6 is 23.1 Å². The first-order valence-corrected chi connectivity index (χ1v) is 9.18. The maximum Gasteiger partial charge on any atom is 0.195 e. The summed E-state index contributed by atoms with van der Waals surface area (Å²) >= 11 is 3.79. The van der Waals surface area contributed by atoms with E-state index in [1.165, 1.54) is 17.9 Å². The second-order valence-corrected chi connectivity index (χ2v) is 7.75. The Hall–Kier alpha value is -0.720. The van der Waals surface area contributed by atoms with Gasteiger partial charge in [-0.05, 0) is 13.3 Å². The molecular formula is C14H22N4S2. The van der Waals surface area contributed by atoms with Crippen LogP contribution in [0.5, 0.6) is 0 Å². The molecule has 2 aromatic heterocycles. The molecule has 1 aliphatic heterocycles. The minimum absolute atomic E-state index is 0.162. The van der Waals surface area contributed by atoms with Crippen LogP contribution in [0.3, 0.4) is 0 Å². The molecule has 0 spiro atoms. The van der Waals surface area contributed by atoms with Crippen LogP contribution in [0.15, 0.2) is 11.6 Å². The number of imidazole rings is 1. The zero-order chi connectivity index (χ0) is 14.1. The Labute approximate surface area is 128 Å². The fraction of sp³-hybridized carbons (Fsp3) is 0.643. The maximum atomic E-state index is 6.03. The standard InChI is InChI=1S/C14H22N4S2/c1-3-11-9-17(4-6-19-11)13-12(8-10(2)15)18-5-7-20-14(18)16-13/h5,7,10-11H,3-4,6,8-9,15H2,1-2H3. The van der Waals surface area contributed by atoms with Crippen LogP contribution in [0.1, 0.15) is 26.0 Å². The van der Waals surface area contributed by atoms with E-state index in [-0.39, 0.29) is 6.04 Å². The molecule has 2 N–H and O–H groups in total. The van der Waals surface area contributed by atoms with E-state index in [4.69, 9.17) is 10.7 Å². The van der Waals surface area contributed by atoms with Gasteiger partial charge in [0.05, 0.1) is 5.69 Å². The number of rotatable bonds is 4. The van der Waals surface area contributed by atoms with E-state index in [1.54, 1.807) is 11.3 Å². The molecule has 2 atom stereocenters. The number of thioether (sulfide) groups is 1. The van der Waals surface area contributed by atoms with Gasteiger partial charge in [0.2, 0.25) is 0 Å². The Balaban J connectivity index is 1.94. The lowest BCUT2D eigenvalue weighted by Gasteiger charge is -2.32. The van der Waals surface area contributed by atoms with Crippen LogP contribution in [0.4, 0.5) is 5.82 Å². The number of hydrogen-bond acceptors (Lipinski definition) is 5. The summed E-state index contributed by atoms with van der Waals surface area (Å²) < 4.78 is 2.21. The molecule has 20 heavy (non-hydrogen) atoms. The first-order chi connectivity index (χ1) is 9.69. The van der Waals surface area contributed by atoms with Crippen molar-refractivity contribution in [2.24, 2.45) is 5.73 Å². The number of hydrogen-bond donors (Lipinski definition) is 1. The Kier molecular flexibility index (Phi) is 4.23. The summed E-state index contributed by atoms with van der Waals surface area (Å²) in [6.07, 6.45) is 4.23. The predicted octanol–water partition coefficient (Wildman–Crippen LogP) is 2.62. The highest BCUT2D eigenvalue weighted by molar-refractivity contribution is 8.00. The van der Waals surface area contributed by atoms with Gasteiger partial charge in [-0.2, -0.15) is 11.8 Å². The third-order valence-corrected chi connectivity index (χ3v) is 5.88. The highest BCUT2D eigenvalue weighted by Crippen LogP contribution is 2.30. The van der Waals surface area contributed by atoms with E-state index >= 15 is 0 Å². The van der Waals surface area contributed by atoms with E-state index in [1.807, 2.05) is 0 Å². The van der Waals surface area contributed by atoms with E-state index in [2.05, 4.69) is 46.5 Å². The van der Waals surface area contributed by atoms with E-state index in [9.17, 15) is 0 Å². The van der Waals surface area contributed by atoms with Crippen LogP contribution in [0.2, 0.25) is 0 Å². The predicted molar refractivity (Wildman–Crippen MR) is 89.2 cm³/mol. The fourth-order valence-corrected chi connectivity index (χ4v) is 4.64. The Morgan fingerprint density at radius 3 is 3.15 bits per heavy atom. The topological polar surface area (TPSA) is 46.6 Å². The maximum absolute atomic E-state index is 6.03. The Morgan fingerprint density at radius 1 is 1.55 bits per heavy atom. The second kappa shape index (κ2) is 5.95. The molecule has 0 bridgehead atoms. The molecular weight excluding hydrogens is 288 g/mol. The lowest BCUT2D eigenvalue weighted by atomic mass is 10.2. The van der Waals surface area contributed by atoms with Crippen molar-refractivity contribution in [3.05, 3.63) is 17.3 Å². The summed E-state index contributed by atoms with van der Waals surface area (Å²) in [6.45, 7) is 6.54. The molecule has 0 aromatic carbocycles. The molecule has 0 amide bonds. The molecule has 0 aliphatic carbocycles. The summed E-state index contributed by atoms with van der Waals surface area (Å²) in [5.41, 5.74) is 7.31. The van der Waals surface area contributed by atoms with E-state index in [0.29, 0.717) is 0 Å². The van der Waals surface area contributed by atoms with Gasteiger partial charge >= 0.3 is 0 Å². The average molecular weight is 310 g/mol. The van der Waals surface area contributed by atoms with Crippen LogP contribution in [0, 0.1) is 0 Å². The van der Waals surface area contributed by atoms with Crippen LogP contribution < -0.4 is 10.6 Å². The summed E-state index contributed by atoms with van der Waals surface area (Å²) in [7, 11) is 0. The van der Waals surface area contributed by atoms with Crippen molar-refractivity contribution in [2.75, 3.05) is 23.7 Å². The van der Waals surface area contributed by atoms with Gasteiger partial charge in [0, 0.05) is 48.1 Å². The van der Waals surface area contributed by atoms with E-state index < -0.39 is 0 Å². The smallest absolute Gasteiger partial charge is 0.195 e. The highest BCUT2D eigenvalue weighted by atomic mass is 32.2. The SMILES string of the molecule is CCC1CN(c2nc3sccn3c2CC(C)N)CCS1. The van der Waals surface area contributed by atoms with Crippen molar-refractivity contribution in [1.29, 1.82) is 0 Å². The normalized spacial score (nSPS) is 21.6. The van der Waals surface area contributed by atoms with Gasteiger partial charge in [0.15, 0.2) is 10.8 Å². The van der Waals surface area contributed by atoms with Gasteiger partial charge in [-0.25, -0.2) is 4.98 Å². The van der Waals surface area contributed by atoms with Gasteiger partial charge in [-0.3, -0.25) is 4.40 Å². The zero-order valence-electron chi connectivity index (χ0n) is 12.1. The molecule has 2 aromatic rings. The van der Waals surface area contributed by atoms with Gasteiger partial charge in [-0.15, -0.1) is 11.3 Å². The first kappa shape index (κ1) is 14.2. The molecule has 6 heteroatoms. The molecule has 3 rings (SSSR count). The Bertz CT molecular complexity index is 575. The monoisotopic (exact) mass is 310 g/mol. The first-order valence-electron chi connectivity index (χ1n) is 7.25. The lowest BCUT2D eigenvalue weighted by Crippen LogP contribution is -2.38. The zero-order valence-corrected chi connectivity index (χ0v) is 13.7. The summed E-state index contributed by atoms with van der Waals surface area (Å²) in [6, 6.07) is 0.162. The molecule has 0 saturated carbocycles. The van der Waals surface area contributed by atoms with Crippen LogP contribution in [-0.4, -0.2) is 39.5 Å². The number of aromatic nitrogens is 2. The van der Waals surface area contributed by atoms with Crippen molar-refractivity contribution in [1.82, 2.24) is 9.38 Å². The fourth-order valence-electron chi connectivity index (χ4n) is 2.73. The summed E-state index contributed by atoms with van der Waals surface area (Å²) in [5, 5.41) is 2.82. The molecule has 4 nitrogen and oxygen atoms in total. The van der Waals surface area contributed by atoms with E-state index in [0.717, 1.165) is 35.5 Å². The third-order valence-electron chi connectivity index (χ3n) is 3.75. The van der Waals surface area contributed by atoms with Crippen molar-refractivity contribution in [2.45, 2.75) is 38.0 Å². The van der Waals surface area contributed by atoms with Gasteiger partial charge in [0.1, 0.15) is 0 Å². The minimum Gasteiger partial charge on any atom is -0.353 e. The highest BCUT2D eigenvalue weighted by Gasteiger charge is 2.25. The number of anilines is 1. The van der Waals surface area contributed by atoms with Crippen molar-refractivity contribution < 1.29 is 0 Å². The van der Waals surface area contributed by atoms with Crippen molar-refractivity contribution in [3.8, 4) is 0 Å². The minimum atomic E-state index is 0.162. The molecule has 1 saturated heterocycles. The molecule has 1 aliphatic rings. The molecule has 2 unspecified atom stereocenters. The van der Waals surface area contributed by atoms with Gasteiger partial charge < -0.3 is 10.6 Å². The molecule has 1 fully saturated rings. The Morgan fingerprint density at radius 2 is 2.40 bits per heavy atom. The molecule has 0 radical (unpaired) electrons. The number of nitrogens with two attached hydrogens (primary N) is 1. The van der Waals surface area contributed by atoms with Gasteiger partial charge in [-0.1, -0.05) is 6.92 Å². The molecule has 3 heterocycles. The summed E-state index contributed by atoms with van der Waals surface area (Å²) in [5.74, 6) is 2.36. The lowest BCUT2D eigenvalue weighted by molar-refractivity contribution is 0.692. The van der Waals surface area contributed by atoms with Gasteiger partial charge in [0.25, 0.3) is 0 Å². The third kappa shape index (κ3) is 2.69. The largest absolute Gasteiger partial charge is 0.353 e. The molecule has 110 valence electrons. The summed E-state index contributed by atoms with van der Waals surface area (Å²) in [4.78, 5) is 8.41. The second-order valence-electron chi connectivity index (χ2n) is 5.47. The number of thiazole rings is 1. The number of fused-ring (bicyclic) bond motifs is 1. The average Bonchev–Trinajstić information content (AvgIpc) is 3.01.